The van der Waals surface area contributed by atoms with Crippen LogP contribution in [0.4, 0.5) is 0 Å². The standard InChI is InChI=1S/C17H23N3O/c1-13(2)20-8-7-15(19-20)10-17(11-18)9-14-5-3-4-6-16(14)21-12-17/h3-8,13H,9-12,18H2,1-2H3. The molecule has 0 spiro atoms. The van der Waals surface area contributed by atoms with Gasteiger partial charge in [-0.25, -0.2) is 0 Å². The predicted molar refractivity (Wildman–Crippen MR) is 83.4 cm³/mol. The highest BCUT2D eigenvalue weighted by Crippen LogP contribution is 2.36. The van der Waals surface area contributed by atoms with Crippen molar-refractivity contribution in [1.29, 1.82) is 0 Å². The lowest BCUT2D eigenvalue weighted by molar-refractivity contribution is 0.125. The van der Waals surface area contributed by atoms with Gasteiger partial charge in [0.15, 0.2) is 0 Å². The summed E-state index contributed by atoms with van der Waals surface area (Å²) in [6, 6.07) is 10.7. The van der Waals surface area contributed by atoms with Crippen LogP contribution >= 0.6 is 0 Å². The summed E-state index contributed by atoms with van der Waals surface area (Å²) in [5, 5.41) is 4.66. The van der Waals surface area contributed by atoms with Gasteiger partial charge in [0.05, 0.1) is 12.3 Å². The Balaban J connectivity index is 1.81. The highest BCUT2D eigenvalue weighted by molar-refractivity contribution is 5.36. The van der Waals surface area contributed by atoms with Crippen LogP contribution in [0.2, 0.25) is 0 Å². The van der Waals surface area contributed by atoms with Crippen LogP contribution in [-0.4, -0.2) is 22.9 Å². The van der Waals surface area contributed by atoms with E-state index in [2.05, 4.69) is 37.1 Å². The van der Waals surface area contributed by atoms with Gasteiger partial charge in [-0.05, 0) is 38.0 Å². The van der Waals surface area contributed by atoms with Crippen molar-refractivity contribution in [1.82, 2.24) is 9.78 Å². The maximum absolute atomic E-state index is 6.10. The third-order valence-electron chi connectivity index (χ3n) is 4.25. The van der Waals surface area contributed by atoms with Crippen LogP contribution in [0.15, 0.2) is 36.5 Å². The Labute approximate surface area is 125 Å². The molecule has 0 amide bonds. The molecule has 21 heavy (non-hydrogen) atoms. The molecule has 2 aromatic rings. The zero-order valence-corrected chi connectivity index (χ0v) is 12.7. The molecule has 0 bridgehead atoms. The van der Waals surface area contributed by atoms with E-state index in [0.717, 1.165) is 24.3 Å². The Morgan fingerprint density at radius 1 is 1.33 bits per heavy atom. The average Bonchev–Trinajstić information content (AvgIpc) is 2.95. The molecule has 2 heterocycles. The largest absolute Gasteiger partial charge is 0.493 e. The molecule has 1 atom stereocenters. The second-order valence-electron chi connectivity index (χ2n) is 6.33. The van der Waals surface area contributed by atoms with E-state index in [0.29, 0.717) is 19.2 Å². The molecule has 0 saturated carbocycles. The SMILES string of the molecule is CC(C)n1ccc(CC2(CN)COc3ccccc3C2)n1. The van der Waals surface area contributed by atoms with Gasteiger partial charge in [-0.3, -0.25) is 4.68 Å². The van der Waals surface area contributed by atoms with E-state index < -0.39 is 0 Å². The Morgan fingerprint density at radius 2 is 2.14 bits per heavy atom. The molecule has 0 saturated heterocycles. The minimum atomic E-state index is -0.0511. The average molecular weight is 285 g/mol. The summed E-state index contributed by atoms with van der Waals surface area (Å²) in [6.45, 7) is 5.54. The molecule has 1 aromatic carbocycles. The third kappa shape index (κ3) is 2.81. The Bertz CT molecular complexity index is 620. The molecule has 1 aromatic heterocycles. The van der Waals surface area contributed by atoms with E-state index >= 15 is 0 Å². The molecular weight excluding hydrogens is 262 g/mol. The van der Waals surface area contributed by atoms with Crippen molar-refractivity contribution in [2.24, 2.45) is 11.1 Å². The van der Waals surface area contributed by atoms with Crippen LogP contribution in [0.25, 0.3) is 0 Å². The third-order valence-corrected chi connectivity index (χ3v) is 4.25. The number of rotatable bonds is 4. The summed E-state index contributed by atoms with van der Waals surface area (Å²) < 4.78 is 7.94. The van der Waals surface area contributed by atoms with E-state index in [1.54, 1.807) is 0 Å². The summed E-state index contributed by atoms with van der Waals surface area (Å²) >= 11 is 0. The van der Waals surface area contributed by atoms with Gasteiger partial charge in [0.2, 0.25) is 0 Å². The number of benzene rings is 1. The first-order valence-electron chi connectivity index (χ1n) is 7.57. The van der Waals surface area contributed by atoms with Gasteiger partial charge in [-0.15, -0.1) is 0 Å². The number of ether oxygens (including phenoxy) is 1. The molecule has 4 nitrogen and oxygen atoms in total. The highest BCUT2D eigenvalue weighted by Gasteiger charge is 2.35. The van der Waals surface area contributed by atoms with E-state index in [1.165, 1.54) is 5.56 Å². The van der Waals surface area contributed by atoms with Crippen molar-refractivity contribution >= 4 is 0 Å². The lowest BCUT2D eigenvalue weighted by Gasteiger charge is -2.36. The molecule has 0 aliphatic carbocycles. The van der Waals surface area contributed by atoms with Crippen LogP contribution in [-0.2, 0) is 12.8 Å². The Hall–Kier alpha value is -1.81. The second kappa shape index (κ2) is 5.53. The van der Waals surface area contributed by atoms with Crippen LogP contribution < -0.4 is 10.5 Å². The van der Waals surface area contributed by atoms with Crippen molar-refractivity contribution in [2.45, 2.75) is 32.7 Å². The van der Waals surface area contributed by atoms with Crippen molar-refractivity contribution in [3.05, 3.63) is 47.8 Å². The minimum absolute atomic E-state index is 0.0511. The van der Waals surface area contributed by atoms with Crippen LogP contribution in [0, 0.1) is 5.41 Å². The lowest BCUT2D eigenvalue weighted by atomic mass is 9.77. The van der Waals surface area contributed by atoms with Crippen molar-refractivity contribution in [3.8, 4) is 5.75 Å². The van der Waals surface area contributed by atoms with Crippen LogP contribution in [0.3, 0.4) is 0 Å². The van der Waals surface area contributed by atoms with Gasteiger partial charge in [0.1, 0.15) is 5.75 Å². The zero-order valence-electron chi connectivity index (χ0n) is 12.7. The molecule has 0 fully saturated rings. The van der Waals surface area contributed by atoms with Gasteiger partial charge in [-0.1, -0.05) is 18.2 Å². The Kier molecular flexibility index (Phi) is 3.72. The first kappa shape index (κ1) is 14.1. The molecule has 1 unspecified atom stereocenters. The first-order chi connectivity index (χ1) is 10.1. The lowest BCUT2D eigenvalue weighted by Crippen LogP contribution is -2.43. The summed E-state index contributed by atoms with van der Waals surface area (Å²) in [5.41, 5.74) is 8.39. The minimum Gasteiger partial charge on any atom is -0.493 e. The number of aromatic nitrogens is 2. The number of para-hydroxylation sites is 1. The van der Waals surface area contributed by atoms with Gasteiger partial charge in [0.25, 0.3) is 0 Å². The molecule has 4 heteroatoms. The number of hydrogen-bond donors (Lipinski definition) is 1. The number of nitrogens with zero attached hydrogens (tertiary/aromatic N) is 2. The summed E-state index contributed by atoms with van der Waals surface area (Å²) in [6.07, 6.45) is 3.85. The van der Waals surface area contributed by atoms with Gasteiger partial charge in [-0.2, -0.15) is 5.10 Å². The van der Waals surface area contributed by atoms with Crippen molar-refractivity contribution in [3.63, 3.8) is 0 Å². The molecular formula is C17H23N3O. The van der Waals surface area contributed by atoms with Crippen molar-refractivity contribution < 1.29 is 4.74 Å². The first-order valence-corrected chi connectivity index (χ1v) is 7.57. The molecule has 112 valence electrons. The number of nitrogens with two attached hydrogens (primary N) is 1. The molecule has 3 rings (SSSR count). The molecule has 2 N–H and O–H groups in total. The maximum atomic E-state index is 6.10. The Morgan fingerprint density at radius 3 is 2.86 bits per heavy atom. The van der Waals surface area contributed by atoms with E-state index in [-0.39, 0.29) is 5.41 Å². The maximum Gasteiger partial charge on any atom is 0.122 e. The smallest absolute Gasteiger partial charge is 0.122 e. The normalized spacial score (nSPS) is 21.1. The summed E-state index contributed by atoms with van der Waals surface area (Å²) in [4.78, 5) is 0. The highest BCUT2D eigenvalue weighted by atomic mass is 16.5. The topological polar surface area (TPSA) is 53.1 Å². The zero-order chi connectivity index (χ0) is 14.9. The second-order valence-corrected chi connectivity index (χ2v) is 6.33. The fraction of sp³-hybridized carbons (Fsp3) is 0.471. The summed E-state index contributed by atoms with van der Waals surface area (Å²) in [7, 11) is 0. The van der Waals surface area contributed by atoms with E-state index in [1.807, 2.05) is 23.0 Å². The van der Waals surface area contributed by atoms with Gasteiger partial charge >= 0.3 is 0 Å². The van der Waals surface area contributed by atoms with Crippen molar-refractivity contribution in [2.75, 3.05) is 13.2 Å². The van der Waals surface area contributed by atoms with Crippen LogP contribution in [0.5, 0.6) is 5.75 Å². The fourth-order valence-electron chi connectivity index (χ4n) is 2.94. The molecule has 0 radical (unpaired) electrons. The van der Waals surface area contributed by atoms with E-state index in [9.17, 15) is 0 Å². The quantitative estimate of drug-likeness (QED) is 0.939. The number of hydrogen-bond acceptors (Lipinski definition) is 3. The fourth-order valence-corrected chi connectivity index (χ4v) is 2.94. The van der Waals surface area contributed by atoms with E-state index in [4.69, 9.17) is 10.5 Å². The molecule has 1 aliphatic heterocycles. The van der Waals surface area contributed by atoms with Crippen LogP contribution in [0.1, 0.15) is 31.1 Å². The monoisotopic (exact) mass is 285 g/mol. The predicted octanol–water partition coefficient (Wildman–Crippen LogP) is 2.59. The number of fused-ring (bicyclic) bond motifs is 1. The van der Waals surface area contributed by atoms with Gasteiger partial charge in [0, 0.05) is 30.6 Å². The summed E-state index contributed by atoms with van der Waals surface area (Å²) in [5.74, 6) is 0.995. The molecule has 1 aliphatic rings. The van der Waals surface area contributed by atoms with Gasteiger partial charge < -0.3 is 10.5 Å².